The molecule has 3 aromatic rings. The van der Waals surface area contributed by atoms with Gasteiger partial charge in [-0.1, -0.05) is 18.2 Å². The standard InChI is InChI=1S/C19H20N2O2/c1-21(2)16-9-7-14(8-10-16)19(22)20-12-11-15-13-23-18-6-4-3-5-17(15)18/h3-10,13H,11-12H2,1-2H3,(H,20,22). The molecule has 0 radical (unpaired) electrons. The van der Waals surface area contributed by atoms with Crippen molar-refractivity contribution in [3.05, 3.63) is 65.9 Å². The van der Waals surface area contributed by atoms with Gasteiger partial charge in [0, 0.05) is 37.3 Å². The maximum atomic E-state index is 12.2. The van der Waals surface area contributed by atoms with Crippen molar-refractivity contribution in [1.29, 1.82) is 0 Å². The third kappa shape index (κ3) is 3.37. The van der Waals surface area contributed by atoms with Crippen LogP contribution in [0.2, 0.25) is 0 Å². The number of benzene rings is 2. The smallest absolute Gasteiger partial charge is 0.251 e. The number of amides is 1. The summed E-state index contributed by atoms with van der Waals surface area (Å²) in [6, 6.07) is 15.5. The van der Waals surface area contributed by atoms with Crippen molar-refractivity contribution in [2.45, 2.75) is 6.42 Å². The van der Waals surface area contributed by atoms with Gasteiger partial charge in [-0.05, 0) is 42.3 Å². The lowest BCUT2D eigenvalue weighted by molar-refractivity contribution is 0.0954. The number of para-hydroxylation sites is 1. The van der Waals surface area contributed by atoms with E-state index < -0.39 is 0 Å². The molecule has 118 valence electrons. The Hall–Kier alpha value is -2.75. The van der Waals surface area contributed by atoms with Crippen molar-refractivity contribution >= 4 is 22.6 Å². The van der Waals surface area contributed by atoms with Crippen LogP contribution < -0.4 is 10.2 Å². The molecule has 0 bridgehead atoms. The molecule has 0 aliphatic carbocycles. The van der Waals surface area contributed by atoms with Gasteiger partial charge in [0.25, 0.3) is 5.91 Å². The Morgan fingerprint density at radius 3 is 2.57 bits per heavy atom. The number of rotatable bonds is 5. The first-order chi connectivity index (χ1) is 11.1. The normalized spacial score (nSPS) is 10.7. The molecular weight excluding hydrogens is 288 g/mol. The number of fused-ring (bicyclic) bond motifs is 1. The van der Waals surface area contributed by atoms with Gasteiger partial charge < -0.3 is 14.6 Å². The fourth-order valence-electron chi connectivity index (χ4n) is 2.55. The molecule has 0 aliphatic rings. The molecule has 1 aromatic heterocycles. The van der Waals surface area contributed by atoms with E-state index >= 15 is 0 Å². The van der Waals surface area contributed by atoms with Gasteiger partial charge in [-0.3, -0.25) is 4.79 Å². The largest absolute Gasteiger partial charge is 0.464 e. The van der Waals surface area contributed by atoms with Crippen LogP contribution >= 0.6 is 0 Å². The molecule has 0 spiro atoms. The highest BCUT2D eigenvalue weighted by Crippen LogP contribution is 2.20. The average Bonchev–Trinajstić information content (AvgIpc) is 2.98. The minimum Gasteiger partial charge on any atom is -0.464 e. The summed E-state index contributed by atoms with van der Waals surface area (Å²) in [7, 11) is 3.95. The van der Waals surface area contributed by atoms with Crippen LogP contribution in [0, 0.1) is 0 Å². The summed E-state index contributed by atoms with van der Waals surface area (Å²) in [4.78, 5) is 14.2. The second-order valence-electron chi connectivity index (χ2n) is 5.70. The summed E-state index contributed by atoms with van der Waals surface area (Å²) in [5.74, 6) is -0.0527. The van der Waals surface area contributed by atoms with Crippen LogP contribution in [0.15, 0.2) is 59.2 Å². The van der Waals surface area contributed by atoms with Crippen LogP contribution in [-0.4, -0.2) is 26.5 Å². The van der Waals surface area contributed by atoms with E-state index in [1.54, 1.807) is 6.26 Å². The number of nitrogens with one attached hydrogen (secondary N) is 1. The zero-order chi connectivity index (χ0) is 16.2. The van der Waals surface area contributed by atoms with Crippen molar-refractivity contribution in [3.63, 3.8) is 0 Å². The van der Waals surface area contributed by atoms with E-state index in [2.05, 4.69) is 5.32 Å². The summed E-state index contributed by atoms with van der Waals surface area (Å²) in [5, 5.41) is 4.06. The average molecular weight is 308 g/mol. The molecule has 0 fully saturated rings. The van der Waals surface area contributed by atoms with E-state index in [1.807, 2.05) is 67.5 Å². The lowest BCUT2D eigenvalue weighted by Crippen LogP contribution is -2.25. The number of nitrogens with zero attached hydrogens (tertiary/aromatic N) is 1. The topological polar surface area (TPSA) is 45.5 Å². The minimum absolute atomic E-state index is 0.0527. The Balaban J connectivity index is 1.59. The van der Waals surface area contributed by atoms with E-state index in [-0.39, 0.29) is 5.91 Å². The molecule has 4 heteroatoms. The third-order valence-electron chi connectivity index (χ3n) is 3.89. The van der Waals surface area contributed by atoms with Crippen molar-refractivity contribution < 1.29 is 9.21 Å². The molecule has 0 saturated carbocycles. The fraction of sp³-hybridized carbons (Fsp3) is 0.211. The number of furan rings is 1. The molecule has 3 rings (SSSR count). The van der Waals surface area contributed by atoms with Gasteiger partial charge in [-0.2, -0.15) is 0 Å². The molecule has 2 aromatic carbocycles. The quantitative estimate of drug-likeness (QED) is 0.785. The predicted molar refractivity (Wildman–Crippen MR) is 93.0 cm³/mol. The maximum Gasteiger partial charge on any atom is 0.251 e. The van der Waals surface area contributed by atoms with E-state index in [9.17, 15) is 4.79 Å². The van der Waals surface area contributed by atoms with Crippen molar-refractivity contribution in [2.24, 2.45) is 0 Å². The Bertz CT molecular complexity index is 804. The Morgan fingerprint density at radius 2 is 1.83 bits per heavy atom. The van der Waals surface area contributed by atoms with E-state index in [0.29, 0.717) is 12.1 Å². The summed E-state index contributed by atoms with van der Waals surface area (Å²) >= 11 is 0. The van der Waals surface area contributed by atoms with E-state index in [1.165, 1.54) is 0 Å². The van der Waals surface area contributed by atoms with Gasteiger partial charge >= 0.3 is 0 Å². The number of hydrogen-bond acceptors (Lipinski definition) is 3. The highest BCUT2D eigenvalue weighted by atomic mass is 16.3. The first kappa shape index (κ1) is 15.2. The minimum atomic E-state index is -0.0527. The second kappa shape index (κ2) is 6.57. The number of hydrogen-bond donors (Lipinski definition) is 1. The number of anilines is 1. The molecule has 23 heavy (non-hydrogen) atoms. The Kier molecular flexibility index (Phi) is 4.33. The predicted octanol–water partition coefficient (Wildman–Crippen LogP) is 3.47. The van der Waals surface area contributed by atoms with Crippen LogP contribution in [0.4, 0.5) is 5.69 Å². The second-order valence-corrected chi connectivity index (χ2v) is 5.70. The summed E-state index contributed by atoms with van der Waals surface area (Å²) in [6.45, 7) is 0.581. The molecule has 0 unspecified atom stereocenters. The van der Waals surface area contributed by atoms with Gasteiger partial charge in [-0.25, -0.2) is 0 Å². The molecule has 1 N–H and O–H groups in total. The highest BCUT2D eigenvalue weighted by Gasteiger charge is 2.08. The molecule has 0 aliphatic heterocycles. The van der Waals surface area contributed by atoms with Gasteiger partial charge in [0.15, 0.2) is 0 Å². The molecule has 1 amide bonds. The molecular formula is C19H20N2O2. The van der Waals surface area contributed by atoms with Crippen LogP contribution in [0.1, 0.15) is 15.9 Å². The fourth-order valence-corrected chi connectivity index (χ4v) is 2.55. The molecule has 0 atom stereocenters. The van der Waals surface area contributed by atoms with Gasteiger partial charge in [0.05, 0.1) is 6.26 Å². The summed E-state index contributed by atoms with van der Waals surface area (Å²) in [6.07, 6.45) is 2.52. The van der Waals surface area contributed by atoms with Gasteiger partial charge in [-0.15, -0.1) is 0 Å². The third-order valence-corrected chi connectivity index (χ3v) is 3.89. The maximum absolute atomic E-state index is 12.2. The molecule has 0 saturated heterocycles. The van der Waals surface area contributed by atoms with Gasteiger partial charge in [0.2, 0.25) is 0 Å². The van der Waals surface area contributed by atoms with Crippen LogP contribution in [0.5, 0.6) is 0 Å². The van der Waals surface area contributed by atoms with E-state index in [4.69, 9.17) is 4.42 Å². The number of carbonyl (C=O) groups is 1. The monoisotopic (exact) mass is 308 g/mol. The van der Waals surface area contributed by atoms with Crippen molar-refractivity contribution in [1.82, 2.24) is 5.32 Å². The summed E-state index contributed by atoms with van der Waals surface area (Å²) in [5.41, 5.74) is 3.75. The van der Waals surface area contributed by atoms with Crippen molar-refractivity contribution in [3.8, 4) is 0 Å². The first-order valence-electron chi connectivity index (χ1n) is 7.66. The van der Waals surface area contributed by atoms with Crippen LogP contribution in [0.3, 0.4) is 0 Å². The first-order valence-corrected chi connectivity index (χ1v) is 7.66. The molecule has 1 heterocycles. The number of carbonyl (C=O) groups excluding carboxylic acids is 1. The lowest BCUT2D eigenvalue weighted by atomic mass is 10.1. The van der Waals surface area contributed by atoms with E-state index in [0.717, 1.165) is 28.6 Å². The Morgan fingerprint density at radius 1 is 1.09 bits per heavy atom. The summed E-state index contributed by atoms with van der Waals surface area (Å²) < 4.78 is 5.51. The SMILES string of the molecule is CN(C)c1ccc(C(=O)NCCc2coc3ccccc23)cc1. The Labute approximate surface area is 135 Å². The zero-order valence-corrected chi connectivity index (χ0v) is 13.4. The van der Waals surface area contributed by atoms with Gasteiger partial charge in [0.1, 0.15) is 5.58 Å². The van der Waals surface area contributed by atoms with Crippen LogP contribution in [-0.2, 0) is 6.42 Å². The van der Waals surface area contributed by atoms with Crippen LogP contribution in [0.25, 0.3) is 11.0 Å². The highest BCUT2D eigenvalue weighted by molar-refractivity contribution is 5.94. The lowest BCUT2D eigenvalue weighted by Gasteiger charge is -2.12. The van der Waals surface area contributed by atoms with Crippen molar-refractivity contribution in [2.75, 3.05) is 25.5 Å². The molecule has 4 nitrogen and oxygen atoms in total. The zero-order valence-electron chi connectivity index (χ0n) is 13.4.